The first-order valence-electron chi connectivity index (χ1n) is 4.77. The summed E-state index contributed by atoms with van der Waals surface area (Å²) in [6.07, 6.45) is -0.225. The number of fused-ring (bicyclic) bond motifs is 1. The van der Waals surface area contributed by atoms with E-state index in [-0.39, 0.29) is 6.61 Å². The molecule has 0 aliphatic carbocycles. The third-order valence-electron chi connectivity index (χ3n) is 2.55. The number of aliphatic hydroxyl groups is 1. The molecule has 0 saturated carbocycles. The Bertz CT molecular complexity index is 392. The van der Waals surface area contributed by atoms with Crippen LogP contribution in [0.15, 0.2) is 12.1 Å². The summed E-state index contributed by atoms with van der Waals surface area (Å²) in [5.41, 5.74) is 2.42. The van der Waals surface area contributed by atoms with Gasteiger partial charge in [-0.15, -0.1) is 0 Å². The minimum atomic E-state index is -0.920. The van der Waals surface area contributed by atoms with Gasteiger partial charge in [0, 0.05) is 6.54 Å². The number of nitrogens with zero attached hydrogens (tertiary/aromatic N) is 2. The second-order valence-corrected chi connectivity index (χ2v) is 3.52. The van der Waals surface area contributed by atoms with Crippen LogP contribution < -0.4 is 0 Å². The molecule has 5 heteroatoms. The zero-order valence-corrected chi connectivity index (χ0v) is 8.18. The maximum Gasteiger partial charge on any atom is 0.407 e. The van der Waals surface area contributed by atoms with Gasteiger partial charge in [-0.25, -0.2) is 4.79 Å². The molecule has 0 aromatic carbocycles. The molecule has 80 valence electrons. The van der Waals surface area contributed by atoms with Crippen LogP contribution in [0, 0.1) is 0 Å². The summed E-state index contributed by atoms with van der Waals surface area (Å²) >= 11 is 0. The first-order chi connectivity index (χ1) is 7.20. The summed E-state index contributed by atoms with van der Waals surface area (Å²) in [5.74, 6) is 0. The van der Waals surface area contributed by atoms with E-state index in [1.54, 1.807) is 6.07 Å². The van der Waals surface area contributed by atoms with Crippen molar-refractivity contribution in [3.05, 3.63) is 29.1 Å². The molecule has 1 aromatic rings. The first kappa shape index (κ1) is 9.92. The molecule has 2 N–H and O–H groups in total. The van der Waals surface area contributed by atoms with E-state index in [9.17, 15) is 4.79 Å². The van der Waals surface area contributed by atoms with E-state index in [0.29, 0.717) is 25.2 Å². The molecule has 1 aromatic heterocycles. The second kappa shape index (κ2) is 3.86. The lowest BCUT2D eigenvalue weighted by Crippen LogP contribution is -2.35. The fourth-order valence-electron chi connectivity index (χ4n) is 1.71. The van der Waals surface area contributed by atoms with Crippen LogP contribution in [0.4, 0.5) is 4.79 Å². The normalized spacial score (nSPS) is 14.9. The fraction of sp³-hybridized carbons (Fsp3) is 0.400. The lowest BCUT2D eigenvalue weighted by atomic mass is 10.1. The largest absolute Gasteiger partial charge is 0.465 e. The maximum absolute atomic E-state index is 10.8. The van der Waals surface area contributed by atoms with E-state index in [2.05, 4.69) is 4.98 Å². The van der Waals surface area contributed by atoms with Gasteiger partial charge in [0.15, 0.2) is 0 Å². The van der Waals surface area contributed by atoms with Crippen molar-refractivity contribution < 1.29 is 15.0 Å². The van der Waals surface area contributed by atoms with E-state index in [1.165, 1.54) is 4.90 Å². The van der Waals surface area contributed by atoms with Gasteiger partial charge >= 0.3 is 6.09 Å². The molecule has 5 nitrogen and oxygen atoms in total. The third kappa shape index (κ3) is 1.92. The Morgan fingerprint density at radius 3 is 3.00 bits per heavy atom. The summed E-state index contributed by atoms with van der Waals surface area (Å²) in [5, 5.41) is 17.8. The Balaban J connectivity index is 2.27. The number of amides is 1. The van der Waals surface area contributed by atoms with Crippen LogP contribution >= 0.6 is 0 Å². The SMILES string of the molecule is O=C(O)N1CCc2ccc(CO)nc2C1. The molecule has 2 rings (SSSR count). The minimum absolute atomic E-state index is 0.111. The molecule has 2 heterocycles. The highest BCUT2D eigenvalue weighted by molar-refractivity contribution is 5.65. The number of aliphatic hydroxyl groups excluding tert-OH is 1. The lowest BCUT2D eigenvalue weighted by Gasteiger charge is -2.25. The van der Waals surface area contributed by atoms with Gasteiger partial charge in [-0.3, -0.25) is 4.98 Å². The lowest BCUT2D eigenvalue weighted by molar-refractivity contribution is 0.139. The van der Waals surface area contributed by atoms with Crippen molar-refractivity contribution in [2.75, 3.05) is 6.54 Å². The molecule has 1 aliphatic heterocycles. The van der Waals surface area contributed by atoms with Crippen LogP contribution in [-0.4, -0.2) is 32.7 Å². The van der Waals surface area contributed by atoms with Gasteiger partial charge in [-0.2, -0.15) is 0 Å². The predicted octanol–water partition coefficient (Wildman–Crippen LogP) is 0.610. The zero-order chi connectivity index (χ0) is 10.8. The Morgan fingerprint density at radius 2 is 2.33 bits per heavy atom. The van der Waals surface area contributed by atoms with Crippen LogP contribution in [0.25, 0.3) is 0 Å². The molecule has 0 fully saturated rings. The van der Waals surface area contributed by atoms with E-state index < -0.39 is 6.09 Å². The topological polar surface area (TPSA) is 73.7 Å². The second-order valence-electron chi connectivity index (χ2n) is 3.52. The van der Waals surface area contributed by atoms with Crippen molar-refractivity contribution in [1.29, 1.82) is 0 Å². The quantitative estimate of drug-likeness (QED) is 0.709. The molecule has 15 heavy (non-hydrogen) atoms. The van der Waals surface area contributed by atoms with Crippen molar-refractivity contribution in [1.82, 2.24) is 9.88 Å². The van der Waals surface area contributed by atoms with Crippen LogP contribution in [0.1, 0.15) is 17.0 Å². The summed E-state index contributed by atoms with van der Waals surface area (Å²) < 4.78 is 0. The smallest absolute Gasteiger partial charge is 0.407 e. The van der Waals surface area contributed by atoms with E-state index in [4.69, 9.17) is 10.2 Å². The molecular formula is C10H12N2O3. The van der Waals surface area contributed by atoms with E-state index >= 15 is 0 Å². The third-order valence-corrected chi connectivity index (χ3v) is 2.55. The van der Waals surface area contributed by atoms with E-state index in [1.807, 2.05) is 6.07 Å². The molecule has 0 bridgehead atoms. The molecule has 0 saturated heterocycles. The molecule has 0 spiro atoms. The van der Waals surface area contributed by atoms with Crippen LogP contribution in [-0.2, 0) is 19.6 Å². The van der Waals surface area contributed by atoms with Gasteiger partial charge in [0.1, 0.15) is 0 Å². The van der Waals surface area contributed by atoms with Crippen molar-refractivity contribution in [3.63, 3.8) is 0 Å². The monoisotopic (exact) mass is 208 g/mol. The van der Waals surface area contributed by atoms with Crippen LogP contribution in [0.5, 0.6) is 0 Å². The Hall–Kier alpha value is -1.62. The first-order valence-corrected chi connectivity index (χ1v) is 4.77. The number of hydrogen-bond acceptors (Lipinski definition) is 3. The average molecular weight is 208 g/mol. The summed E-state index contributed by atoms with van der Waals surface area (Å²) in [6, 6.07) is 3.68. The Morgan fingerprint density at radius 1 is 1.53 bits per heavy atom. The number of hydrogen-bond donors (Lipinski definition) is 2. The molecule has 1 amide bonds. The average Bonchev–Trinajstić information content (AvgIpc) is 2.27. The number of pyridine rings is 1. The molecule has 0 radical (unpaired) electrons. The molecular weight excluding hydrogens is 196 g/mol. The number of carboxylic acid groups (broad SMARTS) is 1. The minimum Gasteiger partial charge on any atom is -0.465 e. The van der Waals surface area contributed by atoms with Gasteiger partial charge in [0.25, 0.3) is 0 Å². The van der Waals surface area contributed by atoms with Gasteiger partial charge < -0.3 is 15.1 Å². The van der Waals surface area contributed by atoms with Crippen molar-refractivity contribution in [3.8, 4) is 0 Å². The van der Waals surface area contributed by atoms with Crippen LogP contribution in [0.3, 0.4) is 0 Å². The predicted molar refractivity (Wildman–Crippen MR) is 52.3 cm³/mol. The van der Waals surface area contributed by atoms with Gasteiger partial charge in [-0.1, -0.05) is 6.07 Å². The number of rotatable bonds is 1. The van der Waals surface area contributed by atoms with Crippen LogP contribution in [0.2, 0.25) is 0 Å². The number of carbonyl (C=O) groups is 1. The summed E-state index contributed by atoms with van der Waals surface area (Å²) in [6.45, 7) is 0.724. The highest BCUT2D eigenvalue weighted by Crippen LogP contribution is 2.17. The van der Waals surface area contributed by atoms with Crippen molar-refractivity contribution >= 4 is 6.09 Å². The highest BCUT2D eigenvalue weighted by atomic mass is 16.4. The fourth-order valence-corrected chi connectivity index (χ4v) is 1.71. The molecule has 0 unspecified atom stereocenters. The van der Waals surface area contributed by atoms with Gasteiger partial charge in [0.2, 0.25) is 0 Å². The molecule has 1 aliphatic rings. The standard InChI is InChI=1S/C10H12N2O3/c13-6-8-2-1-7-3-4-12(10(14)15)5-9(7)11-8/h1-2,13H,3-6H2,(H,14,15). The Kier molecular flexibility index (Phi) is 2.55. The Labute approximate surface area is 87.0 Å². The molecule has 0 atom stereocenters. The maximum atomic E-state index is 10.8. The highest BCUT2D eigenvalue weighted by Gasteiger charge is 2.20. The van der Waals surface area contributed by atoms with Crippen molar-refractivity contribution in [2.24, 2.45) is 0 Å². The zero-order valence-electron chi connectivity index (χ0n) is 8.18. The van der Waals surface area contributed by atoms with Gasteiger partial charge in [0.05, 0.1) is 24.5 Å². The summed E-state index contributed by atoms with van der Waals surface area (Å²) in [7, 11) is 0. The van der Waals surface area contributed by atoms with Crippen molar-refractivity contribution in [2.45, 2.75) is 19.6 Å². The van der Waals surface area contributed by atoms with Gasteiger partial charge in [-0.05, 0) is 18.1 Å². The summed E-state index contributed by atoms with van der Waals surface area (Å²) in [4.78, 5) is 16.3. The number of aromatic nitrogens is 1. The van der Waals surface area contributed by atoms with E-state index in [0.717, 1.165) is 11.3 Å².